The maximum atomic E-state index is 5.56. The number of hydrogen-bond acceptors (Lipinski definition) is 3. The Morgan fingerprint density at radius 2 is 2.11 bits per heavy atom. The third-order valence-corrected chi connectivity index (χ3v) is 3.90. The molecule has 106 valence electrons. The van der Waals surface area contributed by atoms with Gasteiger partial charge in [-0.1, -0.05) is 13.0 Å². The Morgan fingerprint density at radius 3 is 2.79 bits per heavy atom. The van der Waals surface area contributed by atoms with Gasteiger partial charge < -0.3 is 15.0 Å². The number of anilines is 1. The second kappa shape index (κ2) is 5.41. The number of rotatable bonds is 2. The first-order valence-electron chi connectivity index (χ1n) is 7.07. The Hall–Kier alpha value is -1.22. The summed E-state index contributed by atoms with van der Waals surface area (Å²) in [6.45, 7) is 12.1. The lowest BCUT2D eigenvalue weighted by Crippen LogP contribution is -2.49. The largest absolute Gasteiger partial charge is 0.495 e. The van der Waals surface area contributed by atoms with E-state index in [0.29, 0.717) is 5.92 Å². The van der Waals surface area contributed by atoms with Gasteiger partial charge in [-0.3, -0.25) is 0 Å². The Balaban J connectivity index is 2.44. The summed E-state index contributed by atoms with van der Waals surface area (Å²) in [5.41, 5.74) is 2.57. The fourth-order valence-corrected chi connectivity index (χ4v) is 2.78. The Bertz CT molecular complexity index is 442. The van der Waals surface area contributed by atoms with Gasteiger partial charge in [-0.05, 0) is 50.9 Å². The highest BCUT2D eigenvalue weighted by Crippen LogP contribution is 2.35. The van der Waals surface area contributed by atoms with Gasteiger partial charge in [0.2, 0.25) is 0 Å². The van der Waals surface area contributed by atoms with Crippen molar-refractivity contribution in [3.8, 4) is 5.75 Å². The molecule has 1 aliphatic heterocycles. The highest BCUT2D eigenvalue weighted by atomic mass is 16.5. The van der Waals surface area contributed by atoms with Gasteiger partial charge in [0.1, 0.15) is 5.75 Å². The van der Waals surface area contributed by atoms with Gasteiger partial charge in [0, 0.05) is 18.6 Å². The first kappa shape index (κ1) is 14.2. The lowest BCUT2D eigenvalue weighted by Gasteiger charge is -2.40. The van der Waals surface area contributed by atoms with Crippen molar-refractivity contribution in [3.63, 3.8) is 0 Å². The molecule has 0 amide bonds. The smallest absolute Gasteiger partial charge is 0.142 e. The SMILES string of the molecule is COc1ccc(C)cc1N1CC(C)CNCC1(C)C. The van der Waals surface area contributed by atoms with Gasteiger partial charge in [0.25, 0.3) is 0 Å². The van der Waals surface area contributed by atoms with Crippen molar-refractivity contribution in [3.05, 3.63) is 23.8 Å². The molecular formula is C16H26N2O. The van der Waals surface area contributed by atoms with Gasteiger partial charge >= 0.3 is 0 Å². The molecule has 0 saturated carbocycles. The molecule has 0 radical (unpaired) electrons. The Kier molecular flexibility index (Phi) is 4.04. The lowest BCUT2D eigenvalue weighted by molar-refractivity contribution is 0.403. The molecule has 19 heavy (non-hydrogen) atoms. The van der Waals surface area contributed by atoms with Gasteiger partial charge in [-0.2, -0.15) is 0 Å². The second-order valence-corrected chi connectivity index (χ2v) is 6.33. The molecule has 1 unspecified atom stereocenters. The van der Waals surface area contributed by atoms with Gasteiger partial charge in [0.15, 0.2) is 0 Å². The third-order valence-electron chi connectivity index (χ3n) is 3.90. The zero-order chi connectivity index (χ0) is 14.0. The Labute approximate surface area is 116 Å². The van der Waals surface area contributed by atoms with E-state index in [0.717, 1.165) is 25.4 Å². The van der Waals surface area contributed by atoms with Crippen molar-refractivity contribution >= 4 is 5.69 Å². The minimum Gasteiger partial charge on any atom is -0.495 e. The summed E-state index contributed by atoms with van der Waals surface area (Å²) in [7, 11) is 1.75. The van der Waals surface area contributed by atoms with Crippen LogP contribution in [0.25, 0.3) is 0 Å². The molecule has 1 aliphatic rings. The molecule has 0 aliphatic carbocycles. The third kappa shape index (κ3) is 3.03. The topological polar surface area (TPSA) is 24.5 Å². The van der Waals surface area contributed by atoms with Crippen LogP contribution in [-0.4, -0.2) is 32.3 Å². The average molecular weight is 262 g/mol. The molecule has 1 aromatic rings. The molecule has 0 aromatic heterocycles. The molecule has 3 nitrogen and oxygen atoms in total. The first-order chi connectivity index (χ1) is 8.94. The van der Waals surface area contributed by atoms with E-state index in [1.807, 2.05) is 0 Å². The van der Waals surface area contributed by atoms with Crippen LogP contribution in [-0.2, 0) is 0 Å². The van der Waals surface area contributed by atoms with Crippen LogP contribution in [0.15, 0.2) is 18.2 Å². The molecule has 1 atom stereocenters. The molecule has 0 spiro atoms. The van der Waals surface area contributed by atoms with Crippen LogP contribution in [0.2, 0.25) is 0 Å². The summed E-state index contributed by atoms with van der Waals surface area (Å²) < 4.78 is 5.56. The quantitative estimate of drug-likeness (QED) is 0.887. The minimum absolute atomic E-state index is 0.0891. The van der Waals surface area contributed by atoms with Gasteiger partial charge in [-0.15, -0.1) is 0 Å². The van der Waals surface area contributed by atoms with E-state index >= 15 is 0 Å². The highest BCUT2D eigenvalue weighted by molar-refractivity contribution is 5.61. The first-order valence-corrected chi connectivity index (χ1v) is 7.07. The summed E-state index contributed by atoms with van der Waals surface area (Å²) in [4.78, 5) is 2.49. The summed E-state index contributed by atoms with van der Waals surface area (Å²) in [6, 6.07) is 6.41. The number of hydrogen-bond donors (Lipinski definition) is 1. The van der Waals surface area contributed by atoms with E-state index in [1.165, 1.54) is 11.3 Å². The lowest BCUT2D eigenvalue weighted by atomic mass is 10.00. The van der Waals surface area contributed by atoms with Crippen LogP contribution in [0.3, 0.4) is 0 Å². The van der Waals surface area contributed by atoms with Crippen LogP contribution in [0.1, 0.15) is 26.3 Å². The standard InChI is InChI=1S/C16H26N2O/c1-12-6-7-15(19-5)14(8-12)18-10-13(2)9-17-11-16(18,3)4/h6-8,13,17H,9-11H2,1-5H3. The van der Waals surface area contributed by atoms with E-state index in [9.17, 15) is 0 Å². The molecule has 1 N–H and O–H groups in total. The molecule has 1 heterocycles. The van der Waals surface area contributed by atoms with Crippen molar-refractivity contribution < 1.29 is 4.74 Å². The predicted octanol–water partition coefficient (Wildman–Crippen LogP) is 2.83. The molecule has 0 bridgehead atoms. The maximum Gasteiger partial charge on any atom is 0.142 e. The van der Waals surface area contributed by atoms with Crippen LogP contribution < -0.4 is 15.0 Å². The average Bonchev–Trinajstić information content (AvgIpc) is 2.48. The van der Waals surface area contributed by atoms with Crippen molar-refractivity contribution in [1.82, 2.24) is 5.32 Å². The van der Waals surface area contributed by atoms with E-state index < -0.39 is 0 Å². The summed E-state index contributed by atoms with van der Waals surface area (Å²) in [5.74, 6) is 1.60. The zero-order valence-corrected chi connectivity index (χ0v) is 12.8. The molecule has 1 fully saturated rings. The second-order valence-electron chi connectivity index (χ2n) is 6.33. The van der Waals surface area contributed by atoms with Gasteiger partial charge in [0.05, 0.1) is 12.8 Å². The minimum atomic E-state index is 0.0891. The van der Waals surface area contributed by atoms with Crippen LogP contribution in [0.5, 0.6) is 5.75 Å². The maximum absolute atomic E-state index is 5.56. The van der Waals surface area contributed by atoms with E-state index in [4.69, 9.17) is 4.74 Å². The summed E-state index contributed by atoms with van der Waals surface area (Å²) in [5, 5.41) is 3.56. The van der Waals surface area contributed by atoms with E-state index in [1.54, 1.807) is 7.11 Å². The van der Waals surface area contributed by atoms with E-state index in [2.05, 4.69) is 56.1 Å². The monoisotopic (exact) mass is 262 g/mol. The molecule has 3 heteroatoms. The van der Waals surface area contributed by atoms with Gasteiger partial charge in [-0.25, -0.2) is 0 Å². The summed E-state index contributed by atoms with van der Waals surface area (Å²) >= 11 is 0. The fraction of sp³-hybridized carbons (Fsp3) is 0.625. The normalized spacial score (nSPS) is 23.0. The fourth-order valence-electron chi connectivity index (χ4n) is 2.78. The molecular weight excluding hydrogens is 236 g/mol. The number of benzene rings is 1. The van der Waals surface area contributed by atoms with Crippen molar-refractivity contribution in [2.45, 2.75) is 33.2 Å². The molecule has 1 saturated heterocycles. The van der Waals surface area contributed by atoms with Crippen LogP contribution in [0.4, 0.5) is 5.69 Å². The van der Waals surface area contributed by atoms with E-state index in [-0.39, 0.29) is 5.54 Å². The number of nitrogens with zero attached hydrogens (tertiary/aromatic N) is 1. The Morgan fingerprint density at radius 1 is 1.37 bits per heavy atom. The summed E-state index contributed by atoms with van der Waals surface area (Å²) in [6.07, 6.45) is 0. The van der Waals surface area contributed by atoms with Crippen molar-refractivity contribution in [2.24, 2.45) is 5.92 Å². The van der Waals surface area contributed by atoms with Crippen molar-refractivity contribution in [1.29, 1.82) is 0 Å². The zero-order valence-electron chi connectivity index (χ0n) is 12.8. The van der Waals surface area contributed by atoms with Crippen molar-refractivity contribution in [2.75, 3.05) is 31.6 Å². The number of methoxy groups -OCH3 is 1. The number of nitrogens with one attached hydrogen (secondary N) is 1. The molecule has 1 aromatic carbocycles. The predicted molar refractivity (Wildman–Crippen MR) is 81.2 cm³/mol. The number of aryl methyl sites for hydroxylation is 1. The molecule has 2 rings (SSSR count). The van der Waals surface area contributed by atoms with Crippen LogP contribution >= 0.6 is 0 Å². The number of ether oxygens (including phenoxy) is 1. The highest BCUT2D eigenvalue weighted by Gasteiger charge is 2.32. The van der Waals surface area contributed by atoms with Crippen LogP contribution in [0, 0.1) is 12.8 Å².